The summed E-state index contributed by atoms with van der Waals surface area (Å²) in [5, 5.41) is 25.7. The topological polar surface area (TPSA) is 164 Å². The van der Waals surface area contributed by atoms with Crippen molar-refractivity contribution >= 4 is 46.9 Å². The third-order valence-electron chi connectivity index (χ3n) is 5.73. The van der Waals surface area contributed by atoms with Gasteiger partial charge in [0.25, 0.3) is 0 Å². The third-order valence-corrected chi connectivity index (χ3v) is 7.62. The molecule has 2 bridgehead atoms. The second-order valence-electron chi connectivity index (χ2n) is 8.37. The molecule has 10 nitrogen and oxygen atoms in total. The largest absolute Gasteiger partial charge is 0.480 e. The van der Waals surface area contributed by atoms with Crippen LogP contribution < -0.4 is 16.4 Å². The number of carbonyl (C=O) groups excluding carboxylic acids is 2. The smallest absolute Gasteiger partial charge is 0.326 e. The Morgan fingerprint density at radius 1 is 1.26 bits per heavy atom. The second-order valence-corrected chi connectivity index (χ2v) is 10.5. The zero-order chi connectivity index (χ0) is 25.4. The van der Waals surface area contributed by atoms with Gasteiger partial charge in [-0.1, -0.05) is 6.07 Å². The van der Waals surface area contributed by atoms with Crippen LogP contribution >= 0.6 is 23.1 Å². The lowest BCUT2D eigenvalue weighted by molar-refractivity contribution is -0.142. The number of nitrogens with zero attached hydrogens (tertiary/aromatic N) is 1. The molecule has 0 aromatic carbocycles. The van der Waals surface area contributed by atoms with Crippen molar-refractivity contribution in [3.8, 4) is 10.6 Å². The minimum atomic E-state index is -1.21. The molecule has 2 aromatic rings. The van der Waals surface area contributed by atoms with Crippen LogP contribution in [0.2, 0.25) is 0 Å². The van der Waals surface area contributed by atoms with Gasteiger partial charge in [0.05, 0.1) is 10.6 Å². The molecule has 0 saturated carbocycles. The van der Waals surface area contributed by atoms with Crippen molar-refractivity contribution in [2.45, 2.75) is 68.1 Å². The van der Waals surface area contributed by atoms with E-state index in [9.17, 15) is 24.3 Å². The van der Waals surface area contributed by atoms with E-state index in [1.807, 2.05) is 11.4 Å². The molecule has 0 spiro atoms. The standard InChI is InChI=1S/C23H30N4O6S2/c24-15(22(30)31)6-7-20(28)25-16-8-11-34-14-12-18(19-5-3-10-35-19)27(13-14)9-2-1-4-17(23(32)33)26-21(16)29/h3,5,10,12-13,15-17H,1-2,4,6-9,11,24H2,(H,25,28)(H,26,29)(H,30,31)(H,32,33). The lowest BCUT2D eigenvalue weighted by Gasteiger charge is -2.22. The number of fused-ring (bicyclic) bond motifs is 2. The highest BCUT2D eigenvalue weighted by atomic mass is 32.2. The van der Waals surface area contributed by atoms with Crippen molar-refractivity contribution in [1.29, 1.82) is 0 Å². The lowest BCUT2D eigenvalue weighted by atomic mass is 10.1. The van der Waals surface area contributed by atoms with E-state index in [0.29, 0.717) is 12.2 Å². The molecule has 0 aliphatic carbocycles. The Morgan fingerprint density at radius 2 is 2.06 bits per heavy atom. The van der Waals surface area contributed by atoms with Crippen LogP contribution in [0.15, 0.2) is 34.7 Å². The molecule has 2 aromatic heterocycles. The summed E-state index contributed by atoms with van der Waals surface area (Å²) in [5.74, 6) is -2.89. The van der Waals surface area contributed by atoms with Crippen LogP contribution in [0.1, 0.15) is 38.5 Å². The van der Waals surface area contributed by atoms with Crippen molar-refractivity contribution in [3.63, 3.8) is 0 Å². The number of carboxylic acids is 2. The molecule has 2 amide bonds. The van der Waals surface area contributed by atoms with Gasteiger partial charge in [-0.2, -0.15) is 0 Å². The summed E-state index contributed by atoms with van der Waals surface area (Å²) in [6.07, 6.45) is 3.75. The van der Waals surface area contributed by atoms with Gasteiger partial charge >= 0.3 is 11.9 Å². The fourth-order valence-corrected chi connectivity index (χ4v) is 5.52. The molecule has 35 heavy (non-hydrogen) atoms. The average molecular weight is 523 g/mol. The number of amides is 2. The maximum Gasteiger partial charge on any atom is 0.326 e. The van der Waals surface area contributed by atoms with Crippen molar-refractivity contribution in [2.75, 3.05) is 5.75 Å². The van der Waals surface area contributed by atoms with Gasteiger partial charge in [-0.05, 0) is 49.6 Å². The number of nitrogens with two attached hydrogens (primary N) is 1. The first-order valence-corrected chi connectivity index (χ1v) is 13.3. The summed E-state index contributed by atoms with van der Waals surface area (Å²) < 4.78 is 2.18. The summed E-state index contributed by atoms with van der Waals surface area (Å²) in [7, 11) is 0. The first-order valence-electron chi connectivity index (χ1n) is 11.4. The molecule has 190 valence electrons. The fourth-order valence-electron chi connectivity index (χ4n) is 3.78. The van der Waals surface area contributed by atoms with Crippen LogP contribution in [0.3, 0.4) is 0 Å². The van der Waals surface area contributed by atoms with E-state index in [4.69, 9.17) is 10.8 Å². The van der Waals surface area contributed by atoms with Gasteiger partial charge in [0.1, 0.15) is 18.1 Å². The van der Waals surface area contributed by atoms with E-state index in [1.165, 1.54) is 0 Å². The van der Waals surface area contributed by atoms with Crippen LogP contribution in [-0.2, 0) is 25.7 Å². The lowest BCUT2D eigenvalue weighted by Crippen LogP contribution is -2.52. The molecule has 0 fully saturated rings. The number of aromatic nitrogens is 1. The van der Waals surface area contributed by atoms with Gasteiger partial charge in [0.15, 0.2) is 0 Å². The number of hydrogen-bond donors (Lipinski definition) is 5. The molecule has 6 N–H and O–H groups in total. The number of carbonyl (C=O) groups is 4. The summed E-state index contributed by atoms with van der Waals surface area (Å²) in [5.41, 5.74) is 6.56. The highest BCUT2D eigenvalue weighted by Crippen LogP contribution is 2.32. The van der Waals surface area contributed by atoms with E-state index in [-0.39, 0.29) is 25.7 Å². The summed E-state index contributed by atoms with van der Waals surface area (Å²) in [4.78, 5) is 50.1. The van der Waals surface area contributed by atoms with Crippen LogP contribution in [-0.4, -0.2) is 62.4 Å². The Morgan fingerprint density at radius 3 is 2.74 bits per heavy atom. The van der Waals surface area contributed by atoms with Crippen molar-refractivity contribution in [2.24, 2.45) is 5.73 Å². The number of rotatable bonds is 7. The van der Waals surface area contributed by atoms with E-state index < -0.39 is 41.9 Å². The predicted octanol–water partition coefficient (Wildman–Crippen LogP) is 2.13. The van der Waals surface area contributed by atoms with Crippen molar-refractivity contribution in [3.05, 3.63) is 29.8 Å². The third kappa shape index (κ3) is 7.84. The SMILES string of the molecule is NC(CCC(=O)NC1CCSc2cc(-c3cccs3)n(c2)CCCCC(C(=O)O)NC1=O)C(=O)O. The average Bonchev–Trinajstić information content (AvgIpc) is 3.47. The number of nitrogens with one attached hydrogen (secondary N) is 2. The van der Waals surface area contributed by atoms with Crippen LogP contribution in [0.25, 0.3) is 10.6 Å². The van der Waals surface area contributed by atoms with E-state index >= 15 is 0 Å². The molecule has 0 saturated heterocycles. The van der Waals surface area contributed by atoms with Gasteiger partial charge in [0, 0.05) is 29.8 Å². The fraction of sp³-hybridized carbons (Fsp3) is 0.478. The highest BCUT2D eigenvalue weighted by Gasteiger charge is 2.27. The molecular weight excluding hydrogens is 492 g/mol. The number of carboxylic acid groups (broad SMARTS) is 2. The van der Waals surface area contributed by atoms with Crippen molar-refractivity contribution in [1.82, 2.24) is 15.2 Å². The zero-order valence-corrected chi connectivity index (χ0v) is 20.8. The quantitative estimate of drug-likeness (QED) is 0.369. The minimum absolute atomic E-state index is 0.0684. The second kappa shape index (κ2) is 12.8. The molecule has 3 rings (SSSR count). The Hall–Kier alpha value is -2.83. The Kier molecular flexibility index (Phi) is 9.75. The van der Waals surface area contributed by atoms with Crippen LogP contribution in [0, 0.1) is 0 Å². The first kappa shape index (κ1) is 26.8. The molecule has 3 atom stereocenters. The van der Waals surface area contributed by atoms with Gasteiger partial charge in [-0.15, -0.1) is 23.1 Å². The molecule has 1 aliphatic rings. The Labute approximate surface area is 211 Å². The van der Waals surface area contributed by atoms with Gasteiger partial charge < -0.3 is 31.1 Å². The maximum absolute atomic E-state index is 12.9. The predicted molar refractivity (Wildman–Crippen MR) is 133 cm³/mol. The van der Waals surface area contributed by atoms with E-state index in [1.54, 1.807) is 23.1 Å². The maximum atomic E-state index is 12.9. The first-order chi connectivity index (χ1) is 16.7. The molecule has 1 aliphatic heterocycles. The van der Waals surface area contributed by atoms with Crippen molar-refractivity contribution < 1.29 is 29.4 Å². The van der Waals surface area contributed by atoms with Gasteiger partial charge in [-0.3, -0.25) is 14.4 Å². The Balaban J connectivity index is 1.75. The summed E-state index contributed by atoms with van der Waals surface area (Å²) in [6, 6.07) is 2.99. The van der Waals surface area contributed by atoms with E-state index in [0.717, 1.165) is 28.4 Å². The molecular formula is C23H30N4O6S2. The number of aliphatic carboxylic acids is 2. The monoisotopic (exact) mass is 522 g/mol. The number of thioether (sulfide) groups is 1. The molecule has 3 unspecified atom stereocenters. The number of thiophene rings is 1. The molecule has 0 radical (unpaired) electrons. The van der Waals surface area contributed by atoms with Gasteiger partial charge in [-0.25, -0.2) is 4.79 Å². The molecule has 3 heterocycles. The Bertz CT molecular complexity index is 1040. The van der Waals surface area contributed by atoms with Crippen LogP contribution in [0.4, 0.5) is 0 Å². The zero-order valence-electron chi connectivity index (χ0n) is 19.1. The highest BCUT2D eigenvalue weighted by molar-refractivity contribution is 7.99. The number of hydrogen-bond acceptors (Lipinski definition) is 7. The van der Waals surface area contributed by atoms with E-state index in [2.05, 4.69) is 33.5 Å². The molecule has 12 heteroatoms. The number of aryl methyl sites for hydroxylation is 1. The minimum Gasteiger partial charge on any atom is -0.480 e. The summed E-state index contributed by atoms with van der Waals surface area (Å²) >= 11 is 3.21. The van der Waals surface area contributed by atoms with Crippen LogP contribution in [0.5, 0.6) is 0 Å². The normalized spacial score (nSPS) is 20.3. The van der Waals surface area contributed by atoms with Gasteiger partial charge in [0.2, 0.25) is 11.8 Å². The summed E-state index contributed by atoms with van der Waals surface area (Å²) in [6.45, 7) is 0.741.